The molecule has 1 amide bonds. The van der Waals surface area contributed by atoms with E-state index in [9.17, 15) is 13.2 Å². The zero-order valence-electron chi connectivity index (χ0n) is 19.9. The number of hydrazone groups is 1. The Labute approximate surface area is 215 Å². The van der Waals surface area contributed by atoms with Crippen LogP contribution in [-0.2, 0) is 14.8 Å². The molecule has 1 aliphatic rings. The number of para-hydroxylation sites is 1. The Morgan fingerprint density at radius 3 is 2.19 bits per heavy atom. The van der Waals surface area contributed by atoms with Crippen LogP contribution in [0.3, 0.4) is 0 Å². The van der Waals surface area contributed by atoms with Gasteiger partial charge >= 0.3 is 0 Å². The molecule has 1 atom stereocenters. The van der Waals surface area contributed by atoms with Gasteiger partial charge in [-0.15, -0.1) is 0 Å². The van der Waals surface area contributed by atoms with Gasteiger partial charge in [-0.2, -0.15) is 16.9 Å². The lowest BCUT2D eigenvalue weighted by Gasteiger charge is -2.27. The number of rotatable bonds is 10. The molecule has 0 unspecified atom stereocenters. The molecular weight excluding hydrogens is 498 g/mol. The fraction of sp³-hybridized carbons (Fsp3) is 0.231. The summed E-state index contributed by atoms with van der Waals surface area (Å²) in [6, 6.07) is 22.1. The molecule has 1 saturated heterocycles. The minimum atomic E-state index is -3.76. The molecule has 10 heteroatoms. The van der Waals surface area contributed by atoms with Gasteiger partial charge in [-0.1, -0.05) is 18.2 Å². The van der Waals surface area contributed by atoms with Crippen LogP contribution in [0.1, 0.15) is 12.5 Å². The minimum Gasteiger partial charge on any atom is -0.489 e. The Morgan fingerprint density at radius 2 is 1.61 bits per heavy atom. The molecule has 0 radical (unpaired) electrons. The van der Waals surface area contributed by atoms with Crippen molar-refractivity contribution >= 4 is 39.6 Å². The number of carbonyl (C=O) groups is 1. The first-order valence-electron chi connectivity index (χ1n) is 11.3. The van der Waals surface area contributed by atoms with E-state index in [-0.39, 0.29) is 6.10 Å². The van der Waals surface area contributed by atoms with E-state index < -0.39 is 22.0 Å². The largest absolute Gasteiger partial charge is 0.489 e. The Morgan fingerprint density at radius 1 is 1.00 bits per heavy atom. The van der Waals surface area contributed by atoms with Gasteiger partial charge in [0.15, 0.2) is 0 Å². The van der Waals surface area contributed by atoms with Gasteiger partial charge in [-0.3, -0.25) is 9.10 Å². The molecule has 4 rings (SSSR count). The van der Waals surface area contributed by atoms with Crippen molar-refractivity contribution < 1.29 is 22.7 Å². The summed E-state index contributed by atoms with van der Waals surface area (Å²) < 4.78 is 37.7. The molecule has 3 aromatic carbocycles. The maximum atomic E-state index is 12.7. The molecule has 0 bridgehead atoms. The van der Waals surface area contributed by atoms with Gasteiger partial charge in [0, 0.05) is 11.5 Å². The topological polar surface area (TPSA) is 97.3 Å². The van der Waals surface area contributed by atoms with E-state index in [2.05, 4.69) is 10.5 Å². The van der Waals surface area contributed by atoms with Crippen molar-refractivity contribution in [1.29, 1.82) is 0 Å². The van der Waals surface area contributed by atoms with Gasteiger partial charge in [-0.25, -0.2) is 13.8 Å². The van der Waals surface area contributed by atoms with Crippen LogP contribution in [0.25, 0.3) is 0 Å². The molecule has 1 N–H and O–H groups in total. The predicted molar refractivity (Wildman–Crippen MR) is 144 cm³/mol. The monoisotopic (exact) mass is 525 g/mol. The third-order valence-corrected chi connectivity index (χ3v) is 7.79. The minimum absolute atomic E-state index is 0.265. The van der Waals surface area contributed by atoms with Crippen LogP contribution in [0.5, 0.6) is 17.2 Å². The molecule has 1 fully saturated rings. The maximum absolute atomic E-state index is 12.7. The molecule has 0 aromatic heterocycles. The Kier molecular flexibility index (Phi) is 8.17. The molecule has 0 aliphatic carbocycles. The first kappa shape index (κ1) is 25.6. The number of benzene rings is 3. The van der Waals surface area contributed by atoms with Gasteiger partial charge in [-0.05, 0) is 73.2 Å². The summed E-state index contributed by atoms with van der Waals surface area (Å²) in [4.78, 5) is 12.7. The second kappa shape index (κ2) is 11.5. The molecule has 8 nitrogen and oxygen atoms in total. The SMILES string of the molecule is C[C@@H](C(=O)N/N=C\c1ccc(OC2CSC2)cc1)N(c1ccc(Oc2ccccc2)cc1)S(C)(=O)=O. The van der Waals surface area contributed by atoms with Crippen molar-refractivity contribution in [2.45, 2.75) is 19.1 Å². The average molecular weight is 526 g/mol. The number of ether oxygens (including phenoxy) is 2. The van der Waals surface area contributed by atoms with Crippen molar-refractivity contribution in [3.05, 3.63) is 84.4 Å². The number of hydrogen-bond acceptors (Lipinski definition) is 7. The maximum Gasteiger partial charge on any atom is 0.263 e. The van der Waals surface area contributed by atoms with Crippen molar-refractivity contribution in [2.75, 3.05) is 22.1 Å². The number of nitrogens with one attached hydrogen (secondary N) is 1. The number of hydrogen-bond donors (Lipinski definition) is 1. The lowest BCUT2D eigenvalue weighted by atomic mass is 10.2. The van der Waals surface area contributed by atoms with E-state index in [1.54, 1.807) is 24.3 Å². The van der Waals surface area contributed by atoms with Crippen molar-refractivity contribution in [1.82, 2.24) is 5.43 Å². The second-order valence-corrected chi connectivity index (χ2v) is 11.2. The second-order valence-electron chi connectivity index (χ2n) is 8.22. The van der Waals surface area contributed by atoms with Gasteiger partial charge in [0.05, 0.1) is 18.2 Å². The summed E-state index contributed by atoms with van der Waals surface area (Å²) in [6.07, 6.45) is 2.81. The molecule has 188 valence electrons. The van der Waals surface area contributed by atoms with Crippen molar-refractivity contribution in [2.24, 2.45) is 5.10 Å². The number of anilines is 1. The van der Waals surface area contributed by atoms with Crippen LogP contribution in [0.15, 0.2) is 84.0 Å². The van der Waals surface area contributed by atoms with Crippen LogP contribution in [0, 0.1) is 0 Å². The molecule has 1 aliphatic heterocycles. The number of amides is 1. The Bertz CT molecular complexity index is 1290. The predicted octanol–water partition coefficient (Wildman–Crippen LogP) is 4.28. The Hall–Kier alpha value is -3.50. The summed E-state index contributed by atoms with van der Waals surface area (Å²) in [7, 11) is -3.76. The molecular formula is C26H27N3O5S2. The lowest BCUT2D eigenvalue weighted by Crippen LogP contribution is -2.46. The normalized spacial score (nSPS) is 14.6. The van der Waals surface area contributed by atoms with E-state index >= 15 is 0 Å². The fourth-order valence-corrected chi connectivity index (χ4v) is 5.20. The van der Waals surface area contributed by atoms with E-state index in [0.29, 0.717) is 17.2 Å². The standard InChI is InChI=1S/C26H27N3O5S2/c1-19(26(30)28-27-16-20-8-12-23(13-9-20)34-25-17-35-18-25)29(36(2,31)32)21-10-14-24(15-11-21)33-22-6-4-3-5-7-22/h3-16,19,25H,17-18H2,1-2H3,(H,28,30)/b27-16-/t19-/m0/s1. The van der Waals surface area contributed by atoms with Gasteiger partial charge in [0.1, 0.15) is 29.4 Å². The number of carbonyl (C=O) groups excluding carboxylic acids is 1. The number of sulfonamides is 1. The van der Waals surface area contributed by atoms with Crippen LogP contribution >= 0.6 is 11.8 Å². The highest BCUT2D eigenvalue weighted by Crippen LogP contribution is 2.27. The van der Waals surface area contributed by atoms with Crippen molar-refractivity contribution in [3.8, 4) is 17.2 Å². The highest BCUT2D eigenvalue weighted by atomic mass is 32.2. The van der Waals surface area contributed by atoms with Crippen LogP contribution in [0.2, 0.25) is 0 Å². The quantitative estimate of drug-likeness (QED) is 0.314. The van der Waals surface area contributed by atoms with Gasteiger partial charge in [0.25, 0.3) is 5.91 Å². The van der Waals surface area contributed by atoms with Crippen LogP contribution in [-0.4, -0.2) is 50.4 Å². The molecule has 1 heterocycles. The zero-order valence-corrected chi connectivity index (χ0v) is 21.5. The highest BCUT2D eigenvalue weighted by Gasteiger charge is 2.29. The van der Waals surface area contributed by atoms with E-state index in [1.807, 2.05) is 66.4 Å². The first-order chi connectivity index (χ1) is 17.3. The highest BCUT2D eigenvalue weighted by molar-refractivity contribution is 8.00. The molecule has 0 spiro atoms. The summed E-state index contributed by atoms with van der Waals surface area (Å²) in [6.45, 7) is 1.51. The third kappa shape index (κ3) is 6.79. The first-order valence-corrected chi connectivity index (χ1v) is 14.3. The van der Waals surface area contributed by atoms with Crippen molar-refractivity contribution in [3.63, 3.8) is 0 Å². The van der Waals surface area contributed by atoms with E-state index in [0.717, 1.165) is 33.4 Å². The average Bonchev–Trinajstić information content (AvgIpc) is 2.83. The van der Waals surface area contributed by atoms with Crippen LogP contribution < -0.4 is 19.2 Å². The molecule has 0 saturated carbocycles. The van der Waals surface area contributed by atoms with Gasteiger partial charge in [0.2, 0.25) is 10.0 Å². The summed E-state index contributed by atoms with van der Waals surface area (Å²) in [5.74, 6) is 3.44. The fourth-order valence-electron chi connectivity index (χ4n) is 3.47. The lowest BCUT2D eigenvalue weighted by molar-refractivity contribution is -0.121. The van der Waals surface area contributed by atoms with Crippen LogP contribution in [0.4, 0.5) is 5.69 Å². The van der Waals surface area contributed by atoms with E-state index in [4.69, 9.17) is 9.47 Å². The Balaban J connectivity index is 1.38. The van der Waals surface area contributed by atoms with E-state index in [1.165, 1.54) is 13.1 Å². The number of nitrogens with zero attached hydrogens (tertiary/aromatic N) is 2. The molecule has 36 heavy (non-hydrogen) atoms. The third-order valence-electron chi connectivity index (χ3n) is 5.34. The summed E-state index contributed by atoms with van der Waals surface area (Å²) in [5, 5.41) is 3.99. The smallest absolute Gasteiger partial charge is 0.263 e. The summed E-state index contributed by atoms with van der Waals surface area (Å²) in [5.41, 5.74) is 3.54. The van der Waals surface area contributed by atoms with Gasteiger partial charge < -0.3 is 9.47 Å². The zero-order chi connectivity index (χ0) is 25.5. The molecule has 3 aromatic rings. The summed E-state index contributed by atoms with van der Waals surface area (Å²) >= 11 is 1.85. The number of thioether (sulfide) groups is 1.